The third-order valence-corrected chi connectivity index (χ3v) is 3.92. The molecule has 0 saturated heterocycles. The van der Waals surface area contributed by atoms with E-state index in [2.05, 4.69) is 15.3 Å². The largest absolute Gasteiger partial charge is 0.439 e. The quantitative estimate of drug-likeness (QED) is 0.906. The summed E-state index contributed by atoms with van der Waals surface area (Å²) in [5.41, 5.74) is 2.87. The van der Waals surface area contributed by atoms with Gasteiger partial charge in [-0.05, 0) is 44.0 Å². The average molecular weight is 306 g/mol. The van der Waals surface area contributed by atoms with E-state index in [9.17, 15) is 0 Å². The third-order valence-electron chi connectivity index (χ3n) is 3.32. The first kappa shape index (κ1) is 15.6. The van der Waals surface area contributed by atoms with Gasteiger partial charge in [0.05, 0.1) is 5.56 Å². The molecular weight excluding hydrogens is 286 g/mol. The Hall–Kier alpha value is -1.81. The number of hydrogen-bond donors (Lipinski definition) is 1. The first-order valence-electron chi connectivity index (χ1n) is 6.96. The van der Waals surface area contributed by atoms with Crippen LogP contribution < -0.4 is 10.1 Å². The minimum atomic E-state index is 0.576. The fourth-order valence-corrected chi connectivity index (χ4v) is 2.23. The van der Waals surface area contributed by atoms with Crippen LogP contribution in [0.3, 0.4) is 0 Å². The van der Waals surface area contributed by atoms with Crippen LogP contribution in [-0.4, -0.2) is 17.0 Å². The van der Waals surface area contributed by atoms with E-state index in [0.29, 0.717) is 5.88 Å². The molecule has 0 saturated carbocycles. The number of hydrogen-bond acceptors (Lipinski definition) is 4. The van der Waals surface area contributed by atoms with Gasteiger partial charge in [-0.2, -0.15) is 4.98 Å². The van der Waals surface area contributed by atoms with Gasteiger partial charge in [-0.1, -0.05) is 18.5 Å². The summed E-state index contributed by atoms with van der Waals surface area (Å²) in [5.74, 6) is 2.86. The zero-order chi connectivity index (χ0) is 15.6. The molecule has 0 spiro atoms. The van der Waals surface area contributed by atoms with E-state index in [1.54, 1.807) is 0 Å². The molecule has 0 aliphatic carbocycles. The van der Waals surface area contributed by atoms with Crippen molar-refractivity contribution in [2.75, 3.05) is 12.4 Å². The van der Waals surface area contributed by atoms with Gasteiger partial charge in [0.2, 0.25) is 5.88 Å². The second-order valence-corrected chi connectivity index (χ2v) is 5.37. The zero-order valence-corrected chi connectivity index (χ0v) is 13.8. The van der Waals surface area contributed by atoms with E-state index >= 15 is 0 Å². The molecule has 0 aliphatic heterocycles. The lowest BCUT2D eigenvalue weighted by Crippen LogP contribution is -2.04. The van der Waals surface area contributed by atoms with Crippen molar-refractivity contribution in [3.05, 3.63) is 39.7 Å². The molecule has 0 radical (unpaired) electrons. The predicted octanol–water partition coefficient (Wildman–Crippen LogP) is 4.45. The smallest absolute Gasteiger partial charge is 0.227 e. The maximum absolute atomic E-state index is 6.19. The van der Waals surface area contributed by atoms with Gasteiger partial charge >= 0.3 is 0 Å². The maximum Gasteiger partial charge on any atom is 0.227 e. The summed E-state index contributed by atoms with van der Waals surface area (Å²) in [5, 5.41) is 3.85. The predicted molar refractivity (Wildman–Crippen MR) is 86.7 cm³/mol. The number of halogens is 1. The summed E-state index contributed by atoms with van der Waals surface area (Å²) < 4.78 is 5.96. The van der Waals surface area contributed by atoms with Crippen LogP contribution in [0.25, 0.3) is 0 Å². The molecule has 1 N–H and O–H groups in total. The summed E-state index contributed by atoms with van der Waals surface area (Å²) in [6.45, 7) is 7.89. The summed E-state index contributed by atoms with van der Waals surface area (Å²) in [4.78, 5) is 8.91. The molecule has 1 aromatic carbocycles. The Morgan fingerprint density at radius 3 is 2.29 bits per heavy atom. The Bertz CT molecular complexity index is 648. The Morgan fingerprint density at radius 2 is 1.76 bits per heavy atom. The van der Waals surface area contributed by atoms with Gasteiger partial charge in [-0.25, -0.2) is 4.98 Å². The monoisotopic (exact) mass is 305 g/mol. The van der Waals surface area contributed by atoms with E-state index in [-0.39, 0.29) is 0 Å². The highest BCUT2D eigenvalue weighted by molar-refractivity contribution is 6.32. The number of aryl methyl sites for hydroxylation is 3. The van der Waals surface area contributed by atoms with Gasteiger partial charge in [0.15, 0.2) is 0 Å². The van der Waals surface area contributed by atoms with Crippen molar-refractivity contribution in [1.82, 2.24) is 9.97 Å². The first-order chi connectivity index (χ1) is 9.96. The molecule has 1 aromatic heterocycles. The van der Waals surface area contributed by atoms with Gasteiger partial charge in [0.25, 0.3) is 0 Å². The molecule has 0 fully saturated rings. The molecule has 0 aliphatic rings. The number of aromatic nitrogens is 2. The fraction of sp³-hybridized carbons (Fsp3) is 0.375. The first-order valence-corrected chi connectivity index (χ1v) is 7.33. The van der Waals surface area contributed by atoms with Gasteiger partial charge in [0.1, 0.15) is 17.4 Å². The molecule has 112 valence electrons. The maximum atomic E-state index is 6.19. The molecule has 1 heterocycles. The lowest BCUT2D eigenvalue weighted by molar-refractivity contribution is 0.454. The standard InChI is InChI=1S/C16H20ClN3O/c1-6-13-19-15(18-5)11(4)16(20-13)21-12-7-9(2)14(17)10(3)8-12/h7-8H,6H2,1-5H3,(H,18,19,20). The van der Waals surface area contributed by atoms with E-state index < -0.39 is 0 Å². The summed E-state index contributed by atoms with van der Waals surface area (Å²) in [6.07, 6.45) is 0.754. The van der Waals surface area contributed by atoms with Crippen molar-refractivity contribution in [3.63, 3.8) is 0 Å². The third kappa shape index (κ3) is 3.27. The second kappa shape index (κ2) is 6.31. The van der Waals surface area contributed by atoms with Gasteiger partial charge in [-0.15, -0.1) is 0 Å². The van der Waals surface area contributed by atoms with Crippen LogP contribution in [0.1, 0.15) is 29.4 Å². The van der Waals surface area contributed by atoms with Crippen molar-refractivity contribution in [2.24, 2.45) is 0 Å². The highest BCUT2D eigenvalue weighted by Gasteiger charge is 2.12. The summed E-state index contributed by atoms with van der Waals surface area (Å²) in [6, 6.07) is 3.84. The van der Waals surface area contributed by atoms with Crippen LogP contribution in [0.2, 0.25) is 5.02 Å². The van der Waals surface area contributed by atoms with Gasteiger partial charge in [-0.3, -0.25) is 0 Å². The van der Waals surface area contributed by atoms with Crippen LogP contribution in [0, 0.1) is 20.8 Å². The molecular formula is C16H20ClN3O. The SMILES string of the molecule is CCc1nc(NC)c(C)c(Oc2cc(C)c(Cl)c(C)c2)n1. The van der Waals surface area contributed by atoms with E-state index in [1.165, 1.54) is 0 Å². The van der Waals surface area contributed by atoms with Crippen molar-refractivity contribution in [1.29, 1.82) is 0 Å². The Kier molecular flexibility index (Phi) is 4.68. The van der Waals surface area contributed by atoms with Crippen LogP contribution in [0.4, 0.5) is 5.82 Å². The molecule has 0 bridgehead atoms. The lowest BCUT2D eigenvalue weighted by atomic mass is 10.1. The van der Waals surface area contributed by atoms with Crippen molar-refractivity contribution >= 4 is 17.4 Å². The fourth-order valence-electron chi connectivity index (χ4n) is 2.12. The van der Waals surface area contributed by atoms with Crippen molar-refractivity contribution in [2.45, 2.75) is 34.1 Å². The minimum Gasteiger partial charge on any atom is -0.439 e. The number of rotatable bonds is 4. The molecule has 2 aromatic rings. The molecule has 2 rings (SSSR count). The molecule has 0 amide bonds. The number of nitrogens with one attached hydrogen (secondary N) is 1. The topological polar surface area (TPSA) is 47.0 Å². The molecule has 0 atom stereocenters. The van der Waals surface area contributed by atoms with E-state index in [0.717, 1.165) is 45.5 Å². The molecule has 0 unspecified atom stereocenters. The summed E-state index contributed by atoms with van der Waals surface area (Å²) >= 11 is 6.19. The number of anilines is 1. The summed E-state index contributed by atoms with van der Waals surface area (Å²) in [7, 11) is 1.84. The second-order valence-electron chi connectivity index (χ2n) is 5.00. The number of ether oxygens (including phenoxy) is 1. The Labute approximate surface area is 130 Å². The van der Waals surface area contributed by atoms with Crippen LogP contribution in [0.5, 0.6) is 11.6 Å². The van der Waals surface area contributed by atoms with Crippen LogP contribution in [0.15, 0.2) is 12.1 Å². The highest BCUT2D eigenvalue weighted by atomic mass is 35.5. The van der Waals surface area contributed by atoms with Gasteiger partial charge in [0, 0.05) is 18.5 Å². The van der Waals surface area contributed by atoms with Crippen molar-refractivity contribution in [3.8, 4) is 11.6 Å². The zero-order valence-electron chi connectivity index (χ0n) is 13.0. The molecule has 21 heavy (non-hydrogen) atoms. The van der Waals surface area contributed by atoms with Crippen molar-refractivity contribution < 1.29 is 4.74 Å². The average Bonchev–Trinajstić information content (AvgIpc) is 2.46. The molecule has 5 heteroatoms. The van der Waals surface area contributed by atoms with E-state index in [1.807, 2.05) is 46.9 Å². The van der Waals surface area contributed by atoms with Gasteiger partial charge < -0.3 is 10.1 Å². The number of benzene rings is 1. The highest BCUT2D eigenvalue weighted by Crippen LogP contribution is 2.31. The Balaban J connectivity index is 2.43. The van der Waals surface area contributed by atoms with Crippen LogP contribution in [-0.2, 0) is 6.42 Å². The lowest BCUT2D eigenvalue weighted by Gasteiger charge is -2.13. The van der Waals surface area contributed by atoms with Crippen LogP contribution >= 0.6 is 11.6 Å². The number of nitrogens with zero attached hydrogens (tertiary/aromatic N) is 2. The normalized spacial score (nSPS) is 10.6. The minimum absolute atomic E-state index is 0.576. The van der Waals surface area contributed by atoms with E-state index in [4.69, 9.17) is 16.3 Å². The Morgan fingerprint density at radius 1 is 1.14 bits per heavy atom. The molecule has 4 nitrogen and oxygen atoms in total.